The SMILES string of the molecule is COC(=O)c1ccc(N2CC3(CC(CN(C)C(=O)OC(C)(C)C)C3)C2)cc1. The van der Waals surface area contributed by atoms with Crippen LogP contribution in [0.2, 0.25) is 0 Å². The van der Waals surface area contributed by atoms with E-state index in [9.17, 15) is 9.59 Å². The van der Waals surface area contributed by atoms with E-state index < -0.39 is 5.60 Å². The predicted molar refractivity (Wildman–Crippen MR) is 104 cm³/mol. The summed E-state index contributed by atoms with van der Waals surface area (Å²) >= 11 is 0. The summed E-state index contributed by atoms with van der Waals surface area (Å²) < 4.78 is 10.2. The molecule has 0 unspecified atom stereocenters. The minimum absolute atomic E-state index is 0.246. The van der Waals surface area contributed by atoms with E-state index in [0.29, 0.717) is 16.9 Å². The number of carbonyl (C=O) groups excluding carboxylic acids is 2. The first-order chi connectivity index (χ1) is 12.6. The summed E-state index contributed by atoms with van der Waals surface area (Å²) in [5.74, 6) is 0.240. The van der Waals surface area contributed by atoms with E-state index in [0.717, 1.165) is 38.2 Å². The van der Waals surface area contributed by atoms with Crippen molar-refractivity contribution in [2.75, 3.05) is 38.7 Å². The number of esters is 1. The van der Waals surface area contributed by atoms with E-state index >= 15 is 0 Å². The van der Waals surface area contributed by atoms with E-state index in [4.69, 9.17) is 9.47 Å². The normalized spacial score (nSPS) is 18.5. The lowest BCUT2D eigenvalue weighted by Crippen LogP contribution is -2.63. The zero-order valence-corrected chi connectivity index (χ0v) is 16.9. The minimum Gasteiger partial charge on any atom is -0.465 e. The first kappa shape index (κ1) is 19.5. The van der Waals surface area contributed by atoms with Crippen LogP contribution >= 0.6 is 0 Å². The number of ether oxygens (including phenoxy) is 2. The Bertz CT molecular complexity index is 694. The van der Waals surface area contributed by atoms with Gasteiger partial charge in [0.2, 0.25) is 0 Å². The zero-order valence-electron chi connectivity index (χ0n) is 16.9. The summed E-state index contributed by atoms with van der Waals surface area (Å²) in [6.07, 6.45) is 2.05. The fourth-order valence-corrected chi connectivity index (χ4v) is 4.23. The van der Waals surface area contributed by atoms with Gasteiger partial charge in [-0.25, -0.2) is 9.59 Å². The number of hydrogen-bond donors (Lipinski definition) is 0. The second kappa shape index (κ2) is 7.06. The van der Waals surface area contributed by atoms with Crippen LogP contribution in [0, 0.1) is 11.3 Å². The van der Waals surface area contributed by atoms with Crippen LogP contribution in [0.4, 0.5) is 10.5 Å². The van der Waals surface area contributed by atoms with Crippen molar-refractivity contribution in [1.82, 2.24) is 4.90 Å². The Morgan fingerprint density at radius 3 is 2.30 bits per heavy atom. The molecule has 0 atom stereocenters. The monoisotopic (exact) mass is 374 g/mol. The van der Waals surface area contributed by atoms with Crippen molar-refractivity contribution in [3.05, 3.63) is 29.8 Å². The molecule has 0 radical (unpaired) electrons. The fraction of sp³-hybridized carbons (Fsp3) is 0.619. The lowest BCUT2D eigenvalue weighted by molar-refractivity contribution is -0.00709. The summed E-state index contributed by atoms with van der Waals surface area (Å²) in [5.41, 5.74) is 1.65. The topological polar surface area (TPSA) is 59.1 Å². The van der Waals surface area contributed by atoms with Crippen LogP contribution in [0.3, 0.4) is 0 Å². The molecule has 2 aliphatic rings. The number of benzene rings is 1. The van der Waals surface area contributed by atoms with Gasteiger partial charge in [0.25, 0.3) is 0 Å². The van der Waals surface area contributed by atoms with Crippen molar-refractivity contribution in [2.24, 2.45) is 11.3 Å². The van der Waals surface area contributed by atoms with Crippen molar-refractivity contribution in [1.29, 1.82) is 0 Å². The van der Waals surface area contributed by atoms with Gasteiger partial charge in [0, 0.05) is 37.8 Å². The molecule has 1 aromatic rings. The van der Waals surface area contributed by atoms with Gasteiger partial charge in [-0.1, -0.05) is 0 Å². The van der Waals surface area contributed by atoms with Crippen LogP contribution in [0.25, 0.3) is 0 Å². The van der Waals surface area contributed by atoms with Crippen LogP contribution in [0.1, 0.15) is 44.0 Å². The number of methoxy groups -OCH3 is 1. The molecule has 3 rings (SSSR count). The highest BCUT2D eigenvalue weighted by Gasteiger charge is 2.52. The lowest BCUT2D eigenvalue weighted by atomic mass is 9.57. The average Bonchev–Trinajstić information content (AvgIpc) is 2.53. The highest BCUT2D eigenvalue weighted by molar-refractivity contribution is 5.89. The number of hydrogen-bond acceptors (Lipinski definition) is 5. The number of amides is 1. The van der Waals surface area contributed by atoms with E-state index in [2.05, 4.69) is 4.90 Å². The standard InChI is InChI=1S/C21H30N2O4/c1-20(2,3)27-19(25)22(4)12-15-10-21(11-15)13-23(14-21)17-8-6-16(7-9-17)18(24)26-5/h6-9,15H,10-14H2,1-5H3. The maximum atomic E-state index is 12.1. The van der Waals surface area contributed by atoms with Crippen LogP contribution in [0.5, 0.6) is 0 Å². The third kappa shape index (κ3) is 4.37. The molecule has 0 N–H and O–H groups in total. The molecule has 1 spiro atoms. The van der Waals surface area contributed by atoms with Gasteiger partial charge < -0.3 is 19.3 Å². The van der Waals surface area contributed by atoms with Gasteiger partial charge in [-0.15, -0.1) is 0 Å². The van der Waals surface area contributed by atoms with Gasteiger partial charge in [-0.2, -0.15) is 0 Å². The van der Waals surface area contributed by atoms with Crippen LogP contribution < -0.4 is 4.90 Å². The van der Waals surface area contributed by atoms with E-state index in [1.54, 1.807) is 4.90 Å². The van der Waals surface area contributed by atoms with Gasteiger partial charge in [-0.3, -0.25) is 0 Å². The molecule has 148 valence electrons. The first-order valence-corrected chi connectivity index (χ1v) is 9.48. The second-order valence-electron chi connectivity index (χ2n) is 9.03. The Kier molecular flexibility index (Phi) is 5.10. The Balaban J connectivity index is 1.43. The molecule has 1 heterocycles. The molecular weight excluding hydrogens is 344 g/mol. The number of rotatable bonds is 4. The molecule has 1 saturated heterocycles. The number of carbonyl (C=O) groups is 2. The van der Waals surface area contributed by atoms with Gasteiger partial charge in [0.1, 0.15) is 5.60 Å². The van der Waals surface area contributed by atoms with Gasteiger partial charge in [0.15, 0.2) is 0 Å². The summed E-state index contributed by atoms with van der Waals surface area (Å²) in [6.45, 7) is 8.49. The second-order valence-corrected chi connectivity index (χ2v) is 9.03. The lowest BCUT2D eigenvalue weighted by Gasteiger charge is -2.60. The van der Waals surface area contributed by atoms with Gasteiger partial charge in [0.05, 0.1) is 12.7 Å². The van der Waals surface area contributed by atoms with E-state index in [-0.39, 0.29) is 12.1 Å². The predicted octanol–water partition coefficient (Wildman–Crippen LogP) is 3.56. The largest absolute Gasteiger partial charge is 0.465 e. The van der Waals surface area contributed by atoms with Crippen LogP contribution in [0.15, 0.2) is 24.3 Å². The Morgan fingerprint density at radius 1 is 1.19 bits per heavy atom. The van der Waals surface area contributed by atoms with E-state index in [1.165, 1.54) is 7.11 Å². The fourth-order valence-electron chi connectivity index (χ4n) is 4.23. The molecule has 6 nitrogen and oxygen atoms in total. The van der Waals surface area contributed by atoms with Gasteiger partial charge >= 0.3 is 12.1 Å². The van der Waals surface area contributed by atoms with Gasteiger partial charge in [-0.05, 0) is 63.8 Å². The molecule has 6 heteroatoms. The molecule has 1 aromatic carbocycles. The molecule has 1 aliphatic heterocycles. The quantitative estimate of drug-likeness (QED) is 0.754. The summed E-state index contributed by atoms with van der Waals surface area (Å²) in [6, 6.07) is 7.58. The summed E-state index contributed by atoms with van der Waals surface area (Å²) in [5, 5.41) is 0. The molecule has 1 amide bonds. The molecule has 0 aromatic heterocycles. The smallest absolute Gasteiger partial charge is 0.410 e. The Morgan fingerprint density at radius 2 is 1.78 bits per heavy atom. The third-order valence-electron chi connectivity index (χ3n) is 5.39. The number of anilines is 1. The Labute approximate surface area is 161 Å². The zero-order chi connectivity index (χ0) is 19.8. The summed E-state index contributed by atoms with van der Waals surface area (Å²) in [7, 11) is 3.21. The molecule has 27 heavy (non-hydrogen) atoms. The molecule has 2 fully saturated rings. The highest BCUT2D eigenvalue weighted by Crippen LogP contribution is 2.53. The van der Waals surface area contributed by atoms with Crippen molar-refractivity contribution < 1.29 is 19.1 Å². The minimum atomic E-state index is -0.454. The maximum Gasteiger partial charge on any atom is 0.410 e. The van der Waals surface area contributed by atoms with Crippen molar-refractivity contribution in [3.63, 3.8) is 0 Å². The summed E-state index contributed by atoms with van der Waals surface area (Å²) in [4.78, 5) is 27.6. The van der Waals surface area contributed by atoms with E-state index in [1.807, 2.05) is 52.1 Å². The molecule has 0 bridgehead atoms. The Hall–Kier alpha value is -2.24. The van der Waals surface area contributed by atoms with Crippen molar-refractivity contribution in [3.8, 4) is 0 Å². The third-order valence-corrected chi connectivity index (χ3v) is 5.39. The molecular formula is C21H30N2O4. The average molecular weight is 374 g/mol. The van der Waals surface area contributed by atoms with Crippen LogP contribution in [-0.2, 0) is 9.47 Å². The van der Waals surface area contributed by atoms with Crippen molar-refractivity contribution in [2.45, 2.75) is 39.2 Å². The highest BCUT2D eigenvalue weighted by atomic mass is 16.6. The van der Waals surface area contributed by atoms with Crippen LogP contribution in [-0.4, -0.2) is 56.4 Å². The molecule has 1 aliphatic carbocycles. The molecule has 1 saturated carbocycles. The van der Waals surface area contributed by atoms with Crippen molar-refractivity contribution >= 4 is 17.7 Å². The number of nitrogens with zero attached hydrogens (tertiary/aromatic N) is 2. The first-order valence-electron chi connectivity index (χ1n) is 9.48. The maximum absolute atomic E-state index is 12.1.